The fraction of sp³-hybridized carbons (Fsp3) is 0.759. The number of nitrogens with zero attached hydrogens (tertiary/aromatic N) is 1. The highest BCUT2D eigenvalue weighted by molar-refractivity contribution is 7.45. The van der Waals surface area contributed by atoms with Crippen LogP contribution in [0.15, 0.2) is 72.9 Å². The van der Waals surface area contributed by atoms with Crippen molar-refractivity contribution in [3.63, 3.8) is 0 Å². The lowest BCUT2D eigenvalue weighted by Gasteiger charge is -2.28. The minimum absolute atomic E-state index is 0.0379. The molecular weight excluding hydrogens is 870 g/mol. The molecule has 0 rings (SSSR count). The highest BCUT2D eigenvalue weighted by Crippen LogP contribution is 2.38. The minimum Gasteiger partial charge on any atom is -0.756 e. The van der Waals surface area contributed by atoms with Gasteiger partial charge in [0.15, 0.2) is 6.10 Å². The van der Waals surface area contributed by atoms with Gasteiger partial charge in [0.2, 0.25) is 0 Å². The number of hydrogen-bond acceptors (Lipinski definition) is 8. The van der Waals surface area contributed by atoms with E-state index in [1.165, 1.54) is 116 Å². The van der Waals surface area contributed by atoms with Crippen LogP contribution < -0.4 is 4.89 Å². The number of likely N-dealkylation sites (N-methyl/N-ethyl adjacent to an activating group) is 1. The van der Waals surface area contributed by atoms with Gasteiger partial charge in [-0.05, 0) is 83.5 Å². The molecule has 9 nitrogen and oxygen atoms in total. The molecule has 0 saturated heterocycles. The maximum Gasteiger partial charge on any atom is 0.306 e. The van der Waals surface area contributed by atoms with Crippen molar-refractivity contribution in [2.75, 3.05) is 47.5 Å². The zero-order chi connectivity index (χ0) is 49.9. The van der Waals surface area contributed by atoms with Gasteiger partial charge in [-0.25, -0.2) is 0 Å². The van der Waals surface area contributed by atoms with E-state index in [4.69, 9.17) is 18.5 Å². The molecule has 0 aromatic rings. The van der Waals surface area contributed by atoms with E-state index in [0.717, 1.165) is 83.5 Å². The van der Waals surface area contributed by atoms with Crippen molar-refractivity contribution in [3.8, 4) is 0 Å². The first kappa shape index (κ1) is 65.5. The summed E-state index contributed by atoms with van der Waals surface area (Å²) in [6.07, 6.45) is 63.7. The molecule has 0 radical (unpaired) electrons. The van der Waals surface area contributed by atoms with Crippen LogP contribution in [0.5, 0.6) is 0 Å². The van der Waals surface area contributed by atoms with E-state index in [9.17, 15) is 19.0 Å². The fourth-order valence-corrected chi connectivity index (χ4v) is 8.17. The zero-order valence-electron chi connectivity index (χ0n) is 44.5. The summed E-state index contributed by atoms with van der Waals surface area (Å²) >= 11 is 0. The van der Waals surface area contributed by atoms with Gasteiger partial charge in [-0.15, -0.1) is 0 Å². The average molecular weight is 974 g/mol. The van der Waals surface area contributed by atoms with Crippen molar-refractivity contribution in [3.05, 3.63) is 72.9 Å². The van der Waals surface area contributed by atoms with Crippen LogP contribution in [0.3, 0.4) is 0 Å². The lowest BCUT2D eigenvalue weighted by molar-refractivity contribution is -0.870. The molecule has 2 unspecified atom stereocenters. The predicted octanol–water partition coefficient (Wildman–Crippen LogP) is 16.3. The number of unbranched alkanes of at least 4 members (excludes halogenated alkanes) is 24. The first-order valence-electron chi connectivity index (χ1n) is 27.6. The van der Waals surface area contributed by atoms with Crippen LogP contribution in [0.4, 0.5) is 0 Å². The molecule has 10 heteroatoms. The Labute approximate surface area is 418 Å². The summed E-state index contributed by atoms with van der Waals surface area (Å²) in [6, 6.07) is 0. The first-order chi connectivity index (χ1) is 33.0. The van der Waals surface area contributed by atoms with E-state index in [1.54, 1.807) is 0 Å². The molecule has 0 fully saturated rings. The SMILES string of the molecule is CC/C=C\C/C=C\C/C=C\C/C=C\C/C=C\CCCCCCCC(=O)OC(COC(=O)CCCCCCCCCCCCC/C=C\CCCCCCCCCC)COP(=O)([O-])OCC[N+](C)(C)C. The zero-order valence-corrected chi connectivity index (χ0v) is 45.4. The molecule has 0 aliphatic carbocycles. The number of phosphoric acid groups is 1. The number of phosphoric ester groups is 1. The van der Waals surface area contributed by atoms with E-state index in [1.807, 2.05) is 21.1 Å². The summed E-state index contributed by atoms with van der Waals surface area (Å²) in [7, 11) is 1.15. The number of allylic oxidation sites excluding steroid dienone is 12. The normalized spacial score (nSPS) is 13.9. The number of rotatable bonds is 50. The third-order valence-corrected chi connectivity index (χ3v) is 12.7. The number of hydrogen-bond donors (Lipinski definition) is 0. The Kier molecular flexibility index (Phi) is 47.6. The molecule has 0 aromatic heterocycles. The smallest absolute Gasteiger partial charge is 0.306 e. The number of carbonyl (C=O) groups is 2. The second kappa shape index (κ2) is 49.4. The molecule has 0 heterocycles. The van der Waals surface area contributed by atoms with Gasteiger partial charge in [-0.3, -0.25) is 14.2 Å². The van der Waals surface area contributed by atoms with Crippen molar-refractivity contribution in [1.82, 2.24) is 0 Å². The maximum atomic E-state index is 12.8. The molecule has 0 saturated carbocycles. The molecule has 0 aliphatic rings. The van der Waals surface area contributed by atoms with Gasteiger partial charge in [0.05, 0.1) is 27.7 Å². The van der Waals surface area contributed by atoms with Crippen LogP contribution in [0.2, 0.25) is 0 Å². The Hall–Kier alpha value is -2.55. The Morgan fingerprint density at radius 1 is 0.471 bits per heavy atom. The number of ether oxygens (including phenoxy) is 2. The van der Waals surface area contributed by atoms with Gasteiger partial charge in [0, 0.05) is 12.8 Å². The summed E-state index contributed by atoms with van der Waals surface area (Å²) in [4.78, 5) is 37.8. The van der Waals surface area contributed by atoms with Gasteiger partial charge in [-0.2, -0.15) is 0 Å². The van der Waals surface area contributed by atoms with Gasteiger partial charge >= 0.3 is 11.9 Å². The number of esters is 2. The van der Waals surface area contributed by atoms with Crippen LogP contribution >= 0.6 is 7.82 Å². The van der Waals surface area contributed by atoms with Gasteiger partial charge < -0.3 is 27.9 Å². The molecule has 0 aliphatic heterocycles. The van der Waals surface area contributed by atoms with E-state index >= 15 is 0 Å². The summed E-state index contributed by atoms with van der Waals surface area (Å²) in [5.74, 6) is -0.855. The monoisotopic (exact) mass is 974 g/mol. The standard InChI is InChI=1S/C58H104NO8P/c1-6-8-10-12-14-16-18-20-22-24-26-28-29-31-32-34-36-38-40-42-44-46-48-50-57(60)64-54-56(55-66-68(62,63)65-53-52-59(3,4)5)67-58(61)51-49-47-45-43-41-39-37-35-33-30-27-25-23-21-19-17-15-13-11-9-7-2/h9,11,15,17,21,23-24,26-27,30,35,37,56H,6-8,10,12-14,16,18-20,22,25,28-29,31-34,36,38-55H2,1-5H3/b11-9-,17-15-,23-21-,26-24-,30-27-,37-35-. The number of quaternary nitrogens is 1. The lowest BCUT2D eigenvalue weighted by atomic mass is 10.0. The minimum atomic E-state index is -4.64. The first-order valence-corrected chi connectivity index (χ1v) is 29.1. The van der Waals surface area contributed by atoms with E-state index < -0.39 is 26.5 Å². The second-order valence-electron chi connectivity index (χ2n) is 19.6. The molecule has 394 valence electrons. The highest BCUT2D eigenvalue weighted by atomic mass is 31.2. The third-order valence-electron chi connectivity index (χ3n) is 11.7. The largest absolute Gasteiger partial charge is 0.756 e. The van der Waals surface area contributed by atoms with E-state index in [-0.39, 0.29) is 32.0 Å². The topological polar surface area (TPSA) is 111 Å². The van der Waals surface area contributed by atoms with Crippen LogP contribution in [0.1, 0.15) is 232 Å². The maximum absolute atomic E-state index is 12.8. The third kappa shape index (κ3) is 52.8. The predicted molar refractivity (Wildman–Crippen MR) is 286 cm³/mol. The van der Waals surface area contributed by atoms with Crippen LogP contribution in [0, 0.1) is 0 Å². The summed E-state index contributed by atoms with van der Waals surface area (Å²) in [6.45, 7) is 4.11. The molecular formula is C58H104NO8P. The summed E-state index contributed by atoms with van der Waals surface area (Å²) in [5, 5.41) is 0. The van der Waals surface area contributed by atoms with Gasteiger partial charge in [0.1, 0.15) is 19.8 Å². The van der Waals surface area contributed by atoms with Gasteiger partial charge in [-0.1, -0.05) is 209 Å². The average Bonchev–Trinajstić information content (AvgIpc) is 3.30. The Morgan fingerprint density at radius 3 is 1.26 bits per heavy atom. The highest BCUT2D eigenvalue weighted by Gasteiger charge is 2.21. The second-order valence-corrected chi connectivity index (χ2v) is 21.0. The van der Waals surface area contributed by atoms with Crippen molar-refractivity contribution in [1.29, 1.82) is 0 Å². The van der Waals surface area contributed by atoms with E-state index in [0.29, 0.717) is 17.4 Å². The van der Waals surface area contributed by atoms with Crippen LogP contribution in [-0.4, -0.2) is 70.0 Å². The fourth-order valence-electron chi connectivity index (χ4n) is 7.44. The quantitative estimate of drug-likeness (QED) is 0.0195. The summed E-state index contributed by atoms with van der Waals surface area (Å²) in [5.41, 5.74) is 0. The molecule has 0 bridgehead atoms. The van der Waals surface area contributed by atoms with Crippen molar-refractivity contribution < 1.29 is 42.1 Å². The number of carbonyl (C=O) groups excluding carboxylic acids is 2. The molecule has 0 amide bonds. The van der Waals surface area contributed by atoms with Crippen LogP contribution in [-0.2, 0) is 32.7 Å². The Balaban J connectivity index is 4.24. The lowest BCUT2D eigenvalue weighted by Crippen LogP contribution is -2.37. The van der Waals surface area contributed by atoms with Crippen molar-refractivity contribution in [2.24, 2.45) is 0 Å². The molecule has 68 heavy (non-hydrogen) atoms. The molecule has 2 atom stereocenters. The summed E-state index contributed by atoms with van der Waals surface area (Å²) < 4.78 is 34.1. The van der Waals surface area contributed by atoms with Crippen molar-refractivity contribution >= 4 is 19.8 Å². The molecule has 0 N–H and O–H groups in total. The molecule has 0 spiro atoms. The Bertz CT molecular complexity index is 1380. The Morgan fingerprint density at radius 2 is 0.838 bits per heavy atom. The molecule has 0 aromatic carbocycles. The van der Waals surface area contributed by atoms with Gasteiger partial charge in [0.25, 0.3) is 7.82 Å². The van der Waals surface area contributed by atoms with Crippen molar-refractivity contribution in [2.45, 2.75) is 238 Å². The van der Waals surface area contributed by atoms with E-state index in [2.05, 4.69) is 86.8 Å². The van der Waals surface area contributed by atoms with Crippen LogP contribution in [0.25, 0.3) is 0 Å².